The van der Waals surface area contributed by atoms with Gasteiger partial charge in [-0.15, -0.1) is 0 Å². The minimum absolute atomic E-state index is 0.00659. The van der Waals surface area contributed by atoms with E-state index in [1.165, 1.54) is 0 Å². The lowest BCUT2D eigenvalue weighted by Crippen LogP contribution is -2.31. The number of H-pyrrole nitrogens is 1. The third kappa shape index (κ3) is 3.05. The van der Waals surface area contributed by atoms with Crippen LogP contribution in [-0.4, -0.2) is 32.5 Å². The highest BCUT2D eigenvalue weighted by Crippen LogP contribution is 2.36. The maximum atomic E-state index is 13.1. The number of carbonyl (C=O) groups is 1. The Labute approximate surface area is 146 Å². The highest BCUT2D eigenvalue weighted by atomic mass is 16.2. The average molecular weight is 332 g/mol. The Bertz CT molecular complexity index is 860. The fourth-order valence-electron chi connectivity index (χ4n) is 3.50. The van der Waals surface area contributed by atoms with E-state index in [2.05, 4.69) is 22.1 Å². The van der Waals surface area contributed by atoms with Gasteiger partial charge in [-0.05, 0) is 30.0 Å². The Kier molecular flexibility index (Phi) is 4.06. The molecule has 3 aromatic rings. The number of likely N-dealkylation sites (tertiary alicyclic amines) is 1. The van der Waals surface area contributed by atoms with Crippen LogP contribution in [0, 0.1) is 5.92 Å². The molecule has 1 fully saturated rings. The number of aromatic amines is 1. The molecule has 5 nitrogen and oxygen atoms in total. The van der Waals surface area contributed by atoms with Gasteiger partial charge in [0.15, 0.2) is 0 Å². The van der Waals surface area contributed by atoms with Crippen molar-refractivity contribution in [2.24, 2.45) is 5.92 Å². The summed E-state index contributed by atoms with van der Waals surface area (Å²) in [6, 6.07) is 15.7. The smallest absolute Gasteiger partial charge is 0.272 e. The van der Waals surface area contributed by atoms with Gasteiger partial charge >= 0.3 is 0 Å². The van der Waals surface area contributed by atoms with E-state index in [9.17, 15) is 4.79 Å². The molecule has 2 aromatic heterocycles. The fourth-order valence-corrected chi connectivity index (χ4v) is 3.50. The molecule has 1 aliphatic heterocycles. The topological polar surface area (TPSA) is 61.9 Å². The standard InChI is InChI=1S/C20H20N4O/c1-14-10-19(16-8-5-9-21-12-16)24(13-14)20(25)18-11-17(22-23-18)15-6-3-2-4-7-15/h2-9,11-12,14,19H,10,13H2,1H3,(H,22,23). The van der Waals surface area contributed by atoms with Gasteiger partial charge in [0.25, 0.3) is 5.91 Å². The summed E-state index contributed by atoms with van der Waals surface area (Å²) in [5.41, 5.74) is 3.40. The number of amides is 1. The Morgan fingerprint density at radius 2 is 2.04 bits per heavy atom. The molecule has 1 N–H and O–H groups in total. The molecule has 0 saturated carbocycles. The maximum Gasteiger partial charge on any atom is 0.272 e. The van der Waals surface area contributed by atoms with Gasteiger partial charge in [0.05, 0.1) is 11.7 Å². The number of nitrogens with one attached hydrogen (secondary N) is 1. The first-order valence-corrected chi connectivity index (χ1v) is 8.54. The van der Waals surface area contributed by atoms with Crippen LogP contribution in [0.15, 0.2) is 60.9 Å². The molecule has 25 heavy (non-hydrogen) atoms. The van der Waals surface area contributed by atoms with Gasteiger partial charge in [-0.3, -0.25) is 14.9 Å². The number of nitrogens with zero attached hydrogens (tertiary/aromatic N) is 3. The quantitative estimate of drug-likeness (QED) is 0.795. The van der Waals surface area contributed by atoms with Crippen LogP contribution in [0.4, 0.5) is 0 Å². The van der Waals surface area contributed by atoms with Crippen LogP contribution in [0.25, 0.3) is 11.3 Å². The van der Waals surface area contributed by atoms with E-state index in [0.717, 1.165) is 29.8 Å². The molecule has 3 heterocycles. The van der Waals surface area contributed by atoms with Crippen molar-refractivity contribution < 1.29 is 4.79 Å². The lowest BCUT2D eigenvalue weighted by Gasteiger charge is -2.24. The maximum absolute atomic E-state index is 13.1. The van der Waals surface area contributed by atoms with Crippen molar-refractivity contribution >= 4 is 5.91 Å². The molecular weight excluding hydrogens is 312 g/mol. The van der Waals surface area contributed by atoms with Gasteiger partial charge in [0.1, 0.15) is 5.69 Å². The highest BCUT2D eigenvalue weighted by molar-refractivity contribution is 5.94. The molecule has 0 aliphatic carbocycles. The van der Waals surface area contributed by atoms with Crippen LogP contribution >= 0.6 is 0 Å². The van der Waals surface area contributed by atoms with Gasteiger partial charge in [0.2, 0.25) is 0 Å². The molecule has 126 valence electrons. The Balaban J connectivity index is 1.61. The number of aromatic nitrogens is 3. The second-order valence-electron chi connectivity index (χ2n) is 6.63. The summed E-state index contributed by atoms with van der Waals surface area (Å²) in [6.07, 6.45) is 4.57. The summed E-state index contributed by atoms with van der Waals surface area (Å²) >= 11 is 0. The summed E-state index contributed by atoms with van der Waals surface area (Å²) in [5.74, 6) is 0.457. The lowest BCUT2D eigenvalue weighted by molar-refractivity contribution is 0.0726. The lowest BCUT2D eigenvalue weighted by atomic mass is 10.0. The van der Waals surface area contributed by atoms with Crippen molar-refractivity contribution in [3.63, 3.8) is 0 Å². The number of hydrogen-bond acceptors (Lipinski definition) is 3. The fraction of sp³-hybridized carbons (Fsp3) is 0.250. The second kappa shape index (κ2) is 6.51. The summed E-state index contributed by atoms with van der Waals surface area (Å²) in [4.78, 5) is 19.2. The minimum atomic E-state index is -0.00659. The first-order valence-electron chi connectivity index (χ1n) is 8.54. The molecule has 0 bridgehead atoms. The summed E-state index contributed by atoms with van der Waals surface area (Å²) < 4.78 is 0. The molecular formula is C20H20N4O. The first-order chi connectivity index (χ1) is 12.2. The third-order valence-electron chi connectivity index (χ3n) is 4.72. The van der Waals surface area contributed by atoms with Gasteiger partial charge in [-0.2, -0.15) is 5.10 Å². The van der Waals surface area contributed by atoms with Gasteiger partial charge in [0, 0.05) is 24.5 Å². The van der Waals surface area contributed by atoms with Gasteiger partial charge < -0.3 is 4.90 Å². The Hall–Kier alpha value is -2.95. The van der Waals surface area contributed by atoms with Crippen LogP contribution < -0.4 is 0 Å². The number of benzene rings is 1. The largest absolute Gasteiger partial charge is 0.330 e. The molecule has 2 unspecified atom stereocenters. The van der Waals surface area contributed by atoms with Crippen molar-refractivity contribution in [2.45, 2.75) is 19.4 Å². The zero-order valence-electron chi connectivity index (χ0n) is 14.1. The second-order valence-corrected chi connectivity index (χ2v) is 6.63. The molecule has 1 amide bonds. The predicted octanol–water partition coefficient (Wildman–Crippen LogP) is 3.70. The van der Waals surface area contributed by atoms with Crippen LogP contribution in [0.3, 0.4) is 0 Å². The average Bonchev–Trinajstić information content (AvgIpc) is 3.30. The molecule has 2 atom stereocenters. The minimum Gasteiger partial charge on any atom is -0.330 e. The van der Waals surface area contributed by atoms with Crippen LogP contribution in [0.2, 0.25) is 0 Å². The molecule has 1 saturated heterocycles. The van der Waals surface area contributed by atoms with Crippen molar-refractivity contribution in [3.8, 4) is 11.3 Å². The van der Waals surface area contributed by atoms with Crippen molar-refractivity contribution in [3.05, 3.63) is 72.2 Å². The van der Waals surface area contributed by atoms with E-state index in [1.54, 1.807) is 6.20 Å². The van der Waals surface area contributed by atoms with Crippen molar-refractivity contribution in [2.75, 3.05) is 6.54 Å². The summed E-state index contributed by atoms with van der Waals surface area (Å²) in [5, 5.41) is 7.22. The van der Waals surface area contributed by atoms with Gasteiger partial charge in [-0.25, -0.2) is 0 Å². The zero-order valence-corrected chi connectivity index (χ0v) is 14.1. The molecule has 1 aromatic carbocycles. The first kappa shape index (κ1) is 15.6. The van der Waals surface area contributed by atoms with E-state index in [4.69, 9.17) is 0 Å². The van der Waals surface area contributed by atoms with E-state index >= 15 is 0 Å². The third-order valence-corrected chi connectivity index (χ3v) is 4.72. The summed E-state index contributed by atoms with van der Waals surface area (Å²) in [7, 11) is 0. The predicted molar refractivity (Wildman–Crippen MR) is 95.8 cm³/mol. The van der Waals surface area contributed by atoms with E-state index in [1.807, 2.05) is 59.6 Å². The molecule has 1 aliphatic rings. The zero-order chi connectivity index (χ0) is 17.2. The number of rotatable bonds is 3. The van der Waals surface area contributed by atoms with E-state index in [0.29, 0.717) is 11.6 Å². The Morgan fingerprint density at radius 1 is 1.20 bits per heavy atom. The van der Waals surface area contributed by atoms with Crippen LogP contribution in [0.1, 0.15) is 35.4 Å². The normalized spacial score (nSPS) is 20.0. The summed E-state index contributed by atoms with van der Waals surface area (Å²) in [6.45, 7) is 2.93. The number of carbonyl (C=O) groups excluding carboxylic acids is 1. The van der Waals surface area contributed by atoms with Gasteiger partial charge in [-0.1, -0.05) is 43.3 Å². The van der Waals surface area contributed by atoms with Crippen LogP contribution in [-0.2, 0) is 0 Å². The SMILES string of the molecule is CC1CC(c2cccnc2)N(C(=O)c2cc(-c3ccccc3)n[nH]2)C1. The molecule has 0 spiro atoms. The van der Waals surface area contributed by atoms with E-state index < -0.39 is 0 Å². The number of pyridine rings is 1. The Morgan fingerprint density at radius 3 is 2.80 bits per heavy atom. The van der Waals surface area contributed by atoms with Crippen LogP contribution in [0.5, 0.6) is 0 Å². The van der Waals surface area contributed by atoms with E-state index in [-0.39, 0.29) is 11.9 Å². The molecule has 0 radical (unpaired) electrons. The number of hydrogen-bond donors (Lipinski definition) is 1. The molecule has 4 rings (SSSR count). The monoisotopic (exact) mass is 332 g/mol. The molecule has 5 heteroatoms. The van der Waals surface area contributed by atoms with Crippen molar-refractivity contribution in [1.29, 1.82) is 0 Å². The highest BCUT2D eigenvalue weighted by Gasteiger charge is 2.35. The van der Waals surface area contributed by atoms with Crippen molar-refractivity contribution in [1.82, 2.24) is 20.1 Å².